The molecule has 0 atom stereocenters. The maximum atomic E-state index is 6.22. The summed E-state index contributed by atoms with van der Waals surface area (Å²) in [7, 11) is 0. The molecule has 4 nitrogen and oxygen atoms in total. The van der Waals surface area contributed by atoms with E-state index in [0.29, 0.717) is 10.9 Å². The van der Waals surface area contributed by atoms with Crippen LogP contribution in [0, 0.1) is 5.92 Å². The predicted molar refractivity (Wildman–Crippen MR) is 93.3 cm³/mol. The van der Waals surface area contributed by atoms with E-state index in [1.54, 1.807) is 0 Å². The molecule has 0 amide bonds. The molecule has 1 aliphatic rings. The van der Waals surface area contributed by atoms with Crippen LogP contribution in [0.5, 0.6) is 0 Å². The molecule has 4 rings (SSSR count). The third-order valence-corrected chi connectivity index (χ3v) is 4.41. The molecule has 23 heavy (non-hydrogen) atoms. The molecule has 3 aromatic rings. The van der Waals surface area contributed by atoms with Crippen LogP contribution in [0.2, 0.25) is 5.02 Å². The van der Waals surface area contributed by atoms with Gasteiger partial charge >= 0.3 is 0 Å². The lowest BCUT2D eigenvalue weighted by atomic mass is 10.1. The first-order valence-corrected chi connectivity index (χ1v) is 8.12. The lowest BCUT2D eigenvalue weighted by Gasteiger charge is -2.09. The lowest BCUT2D eigenvalue weighted by Crippen LogP contribution is -2.00. The van der Waals surface area contributed by atoms with Crippen LogP contribution in [-0.2, 0) is 6.42 Å². The van der Waals surface area contributed by atoms with Gasteiger partial charge in [-0.1, -0.05) is 42.0 Å². The van der Waals surface area contributed by atoms with Crippen molar-refractivity contribution in [3.63, 3.8) is 0 Å². The first kappa shape index (κ1) is 14.3. The molecular weight excluding hydrogens is 308 g/mol. The Balaban J connectivity index is 1.65. The number of fused-ring (bicyclic) bond motifs is 1. The van der Waals surface area contributed by atoms with E-state index < -0.39 is 0 Å². The number of halogens is 1. The third-order valence-electron chi connectivity index (χ3n) is 4.08. The van der Waals surface area contributed by atoms with Gasteiger partial charge in [-0.15, -0.1) is 5.10 Å². The molecular formula is C18H17ClN4. The van der Waals surface area contributed by atoms with Gasteiger partial charge in [-0.05, 0) is 43.0 Å². The molecule has 0 radical (unpaired) electrons. The quantitative estimate of drug-likeness (QED) is 0.695. The summed E-state index contributed by atoms with van der Waals surface area (Å²) in [6, 6.07) is 13.5. The van der Waals surface area contributed by atoms with E-state index >= 15 is 0 Å². The summed E-state index contributed by atoms with van der Waals surface area (Å²) in [4.78, 5) is 4.61. The highest BCUT2D eigenvalue weighted by Crippen LogP contribution is 2.36. The first-order valence-electron chi connectivity index (χ1n) is 7.74. The lowest BCUT2D eigenvalue weighted by molar-refractivity contribution is 0.856. The second-order valence-electron chi connectivity index (χ2n) is 5.92. The third kappa shape index (κ3) is 2.94. The zero-order valence-electron chi connectivity index (χ0n) is 12.7. The van der Waals surface area contributed by atoms with Crippen molar-refractivity contribution < 1.29 is 0 Å². The number of hydrogen-bond acceptors (Lipinski definition) is 3. The number of hydrogen-bond donors (Lipinski definition) is 1. The summed E-state index contributed by atoms with van der Waals surface area (Å²) in [5.41, 5.74) is 2.91. The summed E-state index contributed by atoms with van der Waals surface area (Å²) in [6.45, 7) is 4.16. The zero-order valence-corrected chi connectivity index (χ0v) is 13.4. The Bertz CT molecular complexity index is 880. The molecule has 0 bridgehead atoms. The Morgan fingerprint density at radius 2 is 2.04 bits per heavy atom. The van der Waals surface area contributed by atoms with Crippen molar-refractivity contribution in [3.05, 3.63) is 65.5 Å². The molecule has 1 fully saturated rings. The number of allylic oxidation sites excluding steroid dienone is 1. The van der Waals surface area contributed by atoms with E-state index in [1.165, 1.54) is 18.4 Å². The number of anilines is 2. The monoisotopic (exact) mass is 324 g/mol. The van der Waals surface area contributed by atoms with Gasteiger partial charge in [0.1, 0.15) is 5.82 Å². The summed E-state index contributed by atoms with van der Waals surface area (Å²) in [5, 5.41) is 8.62. The maximum Gasteiger partial charge on any atom is 0.158 e. The van der Waals surface area contributed by atoms with E-state index in [1.807, 2.05) is 47.0 Å². The summed E-state index contributed by atoms with van der Waals surface area (Å²) < 4.78 is 1.82. The summed E-state index contributed by atoms with van der Waals surface area (Å²) >= 11 is 6.22. The number of rotatable bonds is 5. The van der Waals surface area contributed by atoms with Crippen LogP contribution in [0.3, 0.4) is 0 Å². The molecule has 116 valence electrons. The van der Waals surface area contributed by atoms with Crippen molar-refractivity contribution in [1.29, 1.82) is 0 Å². The second-order valence-corrected chi connectivity index (χ2v) is 6.33. The summed E-state index contributed by atoms with van der Waals surface area (Å²) in [6.07, 6.45) is 3.26. The van der Waals surface area contributed by atoms with Crippen molar-refractivity contribution in [1.82, 2.24) is 14.6 Å². The zero-order chi connectivity index (χ0) is 15.8. The Morgan fingerprint density at radius 1 is 1.22 bits per heavy atom. The number of pyridine rings is 1. The Hall–Kier alpha value is -2.33. The SMILES string of the molecule is C=C(Cc1nc2cccc(Nc3ccccc3Cl)n2n1)C1CC1. The van der Waals surface area contributed by atoms with Crippen LogP contribution in [0.1, 0.15) is 18.7 Å². The van der Waals surface area contributed by atoms with Gasteiger partial charge in [-0.2, -0.15) is 4.52 Å². The molecule has 0 saturated heterocycles. The normalized spacial score (nSPS) is 14.1. The number of benzene rings is 1. The van der Waals surface area contributed by atoms with Crippen molar-refractivity contribution >= 4 is 28.8 Å². The van der Waals surface area contributed by atoms with Crippen molar-refractivity contribution in [2.45, 2.75) is 19.3 Å². The molecule has 2 aromatic heterocycles. The highest BCUT2D eigenvalue weighted by atomic mass is 35.5. The van der Waals surface area contributed by atoms with Crippen molar-refractivity contribution in [2.75, 3.05) is 5.32 Å². The molecule has 1 N–H and O–H groups in total. The second kappa shape index (κ2) is 5.70. The molecule has 1 aromatic carbocycles. The minimum atomic E-state index is 0.669. The molecule has 0 aliphatic heterocycles. The molecule has 1 saturated carbocycles. The summed E-state index contributed by atoms with van der Waals surface area (Å²) in [5.74, 6) is 2.32. The molecule has 0 spiro atoms. The van der Waals surface area contributed by atoms with Gasteiger partial charge < -0.3 is 5.32 Å². The minimum absolute atomic E-state index is 0.669. The van der Waals surface area contributed by atoms with E-state index in [-0.39, 0.29) is 0 Å². The molecule has 5 heteroatoms. The van der Waals surface area contributed by atoms with Crippen molar-refractivity contribution in [3.8, 4) is 0 Å². The number of nitrogens with zero attached hydrogens (tertiary/aromatic N) is 3. The smallest absolute Gasteiger partial charge is 0.158 e. The number of para-hydroxylation sites is 1. The topological polar surface area (TPSA) is 42.2 Å². The number of nitrogens with one attached hydrogen (secondary N) is 1. The van der Waals surface area contributed by atoms with E-state index in [4.69, 9.17) is 11.6 Å². The van der Waals surface area contributed by atoms with Gasteiger partial charge in [0.25, 0.3) is 0 Å². The Labute approximate surface area is 139 Å². The van der Waals surface area contributed by atoms with Crippen LogP contribution < -0.4 is 5.32 Å². The maximum absolute atomic E-state index is 6.22. The predicted octanol–water partition coefficient (Wildman–Crippen LogP) is 4.64. The van der Waals surface area contributed by atoms with Crippen molar-refractivity contribution in [2.24, 2.45) is 5.92 Å². The minimum Gasteiger partial charge on any atom is -0.339 e. The fourth-order valence-corrected chi connectivity index (χ4v) is 2.84. The largest absolute Gasteiger partial charge is 0.339 e. The average molecular weight is 325 g/mol. The van der Waals surface area contributed by atoms with Crippen LogP contribution in [-0.4, -0.2) is 14.6 Å². The molecule has 1 aliphatic carbocycles. The van der Waals surface area contributed by atoms with Gasteiger partial charge in [0.15, 0.2) is 11.5 Å². The Kier molecular flexibility index (Phi) is 3.54. The number of aromatic nitrogens is 3. The fourth-order valence-electron chi connectivity index (χ4n) is 2.66. The standard InChI is InChI=1S/C18H17ClN4/c1-12(13-9-10-13)11-16-21-18-8-4-7-17(23(18)22-16)20-15-6-3-2-5-14(15)19/h2-8,13,20H,1,9-11H2. The van der Waals surface area contributed by atoms with Crippen LogP contribution >= 0.6 is 11.6 Å². The van der Waals surface area contributed by atoms with Crippen LogP contribution in [0.15, 0.2) is 54.6 Å². The highest BCUT2D eigenvalue weighted by Gasteiger charge is 2.25. The van der Waals surface area contributed by atoms with E-state index in [2.05, 4.69) is 22.0 Å². The Morgan fingerprint density at radius 3 is 2.83 bits per heavy atom. The molecule has 2 heterocycles. The van der Waals surface area contributed by atoms with E-state index in [0.717, 1.165) is 29.4 Å². The van der Waals surface area contributed by atoms with Gasteiger partial charge in [-0.25, -0.2) is 4.98 Å². The molecule has 0 unspecified atom stereocenters. The van der Waals surface area contributed by atoms with Gasteiger partial charge in [0.05, 0.1) is 10.7 Å². The van der Waals surface area contributed by atoms with Gasteiger partial charge in [-0.3, -0.25) is 0 Å². The first-order chi connectivity index (χ1) is 11.2. The highest BCUT2D eigenvalue weighted by molar-refractivity contribution is 6.33. The van der Waals surface area contributed by atoms with Gasteiger partial charge in [0, 0.05) is 6.42 Å². The van der Waals surface area contributed by atoms with E-state index in [9.17, 15) is 0 Å². The van der Waals surface area contributed by atoms with Crippen LogP contribution in [0.25, 0.3) is 5.65 Å². The average Bonchev–Trinajstić information content (AvgIpc) is 3.31. The van der Waals surface area contributed by atoms with Crippen LogP contribution in [0.4, 0.5) is 11.5 Å². The van der Waals surface area contributed by atoms with Gasteiger partial charge in [0.2, 0.25) is 0 Å². The fraction of sp³-hybridized carbons (Fsp3) is 0.222.